The molecule has 0 unspecified atom stereocenters. The van der Waals surface area contributed by atoms with Gasteiger partial charge in [-0.2, -0.15) is 5.10 Å². The maximum atomic E-state index is 12.2. The van der Waals surface area contributed by atoms with E-state index in [9.17, 15) is 19.7 Å². The van der Waals surface area contributed by atoms with Gasteiger partial charge in [0.05, 0.1) is 10.6 Å². The van der Waals surface area contributed by atoms with Crippen molar-refractivity contribution in [3.63, 3.8) is 0 Å². The molecule has 0 spiro atoms. The van der Waals surface area contributed by atoms with Crippen molar-refractivity contribution in [2.75, 3.05) is 13.6 Å². The van der Waals surface area contributed by atoms with Crippen LogP contribution in [-0.4, -0.2) is 50.2 Å². The Balaban J connectivity index is 2.09. The number of hydrogen-bond donors (Lipinski definition) is 1. The molecule has 0 bridgehead atoms. The Morgan fingerprint density at radius 2 is 2.12 bits per heavy atom. The standard InChI is InChI=1S/C15H16N4O5/c1-17(8-3-6-14(20)21)15(22)13-7-9-18(16-13)11-4-2-5-12(10-11)19(23)24/h2,4-5,7,9-10H,3,6,8H2,1H3,(H,20,21). The molecule has 1 aromatic heterocycles. The van der Waals surface area contributed by atoms with Crippen LogP contribution >= 0.6 is 0 Å². The number of aliphatic carboxylic acids is 1. The van der Waals surface area contributed by atoms with E-state index in [4.69, 9.17) is 5.11 Å². The maximum Gasteiger partial charge on any atom is 0.303 e. The predicted molar refractivity (Wildman–Crippen MR) is 84.0 cm³/mol. The lowest BCUT2D eigenvalue weighted by molar-refractivity contribution is -0.384. The molecule has 0 atom stereocenters. The predicted octanol–water partition coefficient (Wildman–Crippen LogP) is 1.72. The number of carbonyl (C=O) groups excluding carboxylic acids is 1. The van der Waals surface area contributed by atoms with Crippen molar-refractivity contribution >= 4 is 17.6 Å². The van der Waals surface area contributed by atoms with Gasteiger partial charge in [0.25, 0.3) is 11.6 Å². The molecule has 1 aromatic carbocycles. The summed E-state index contributed by atoms with van der Waals surface area (Å²) in [5.41, 5.74) is 0.581. The average Bonchev–Trinajstić information content (AvgIpc) is 3.03. The molecule has 2 aromatic rings. The molecule has 0 radical (unpaired) electrons. The number of nitrogens with zero attached hydrogens (tertiary/aromatic N) is 4. The lowest BCUT2D eigenvalue weighted by Gasteiger charge is -2.14. The van der Waals surface area contributed by atoms with E-state index in [-0.39, 0.29) is 23.7 Å². The van der Waals surface area contributed by atoms with Crippen LogP contribution in [0.4, 0.5) is 5.69 Å². The second-order valence-corrected chi connectivity index (χ2v) is 5.15. The topological polar surface area (TPSA) is 119 Å². The van der Waals surface area contributed by atoms with E-state index >= 15 is 0 Å². The minimum Gasteiger partial charge on any atom is -0.481 e. The highest BCUT2D eigenvalue weighted by Crippen LogP contribution is 2.16. The van der Waals surface area contributed by atoms with Crippen molar-refractivity contribution < 1.29 is 19.6 Å². The van der Waals surface area contributed by atoms with Gasteiger partial charge in [-0.3, -0.25) is 19.7 Å². The fraction of sp³-hybridized carbons (Fsp3) is 0.267. The van der Waals surface area contributed by atoms with E-state index in [1.165, 1.54) is 40.0 Å². The molecule has 0 saturated heterocycles. The molecule has 0 saturated carbocycles. The van der Waals surface area contributed by atoms with Crippen molar-refractivity contribution in [3.8, 4) is 5.69 Å². The lowest BCUT2D eigenvalue weighted by atomic mass is 10.3. The molecule has 0 fully saturated rings. The van der Waals surface area contributed by atoms with E-state index in [1.54, 1.807) is 13.1 Å². The molecule has 0 aliphatic rings. The van der Waals surface area contributed by atoms with Gasteiger partial charge in [0.1, 0.15) is 0 Å². The molecule has 1 amide bonds. The Bertz CT molecular complexity index is 771. The van der Waals surface area contributed by atoms with Crippen LogP contribution in [0.25, 0.3) is 5.69 Å². The summed E-state index contributed by atoms with van der Waals surface area (Å²) in [5.74, 6) is -1.25. The van der Waals surface area contributed by atoms with Gasteiger partial charge in [0, 0.05) is 38.3 Å². The normalized spacial score (nSPS) is 10.4. The van der Waals surface area contributed by atoms with Crippen LogP contribution < -0.4 is 0 Å². The molecule has 126 valence electrons. The van der Waals surface area contributed by atoms with Crippen LogP contribution in [-0.2, 0) is 4.79 Å². The zero-order valence-electron chi connectivity index (χ0n) is 13.0. The third-order valence-corrected chi connectivity index (χ3v) is 3.34. The number of amides is 1. The summed E-state index contributed by atoms with van der Waals surface area (Å²) in [6, 6.07) is 7.42. The first-order chi connectivity index (χ1) is 11.4. The first-order valence-electron chi connectivity index (χ1n) is 7.16. The van der Waals surface area contributed by atoms with Gasteiger partial charge in [0.2, 0.25) is 0 Å². The SMILES string of the molecule is CN(CCCC(=O)O)C(=O)c1ccn(-c2cccc([N+](=O)[O-])c2)n1. The van der Waals surface area contributed by atoms with Crippen LogP contribution in [0.1, 0.15) is 23.3 Å². The maximum absolute atomic E-state index is 12.2. The first-order valence-corrected chi connectivity index (χ1v) is 7.16. The largest absolute Gasteiger partial charge is 0.481 e. The summed E-state index contributed by atoms with van der Waals surface area (Å²) in [5, 5.41) is 23.5. The van der Waals surface area contributed by atoms with Crippen molar-refractivity contribution in [2.45, 2.75) is 12.8 Å². The molecule has 0 aliphatic heterocycles. The van der Waals surface area contributed by atoms with E-state index in [1.807, 2.05) is 0 Å². The fourth-order valence-corrected chi connectivity index (χ4v) is 2.10. The molecular formula is C15H16N4O5. The number of rotatable bonds is 7. The monoisotopic (exact) mass is 332 g/mol. The van der Waals surface area contributed by atoms with E-state index in [2.05, 4.69) is 5.10 Å². The molecule has 1 heterocycles. The Morgan fingerprint density at radius 1 is 1.38 bits per heavy atom. The highest BCUT2D eigenvalue weighted by atomic mass is 16.6. The van der Waals surface area contributed by atoms with Crippen LogP contribution in [0.2, 0.25) is 0 Å². The number of non-ortho nitro benzene ring substituents is 1. The van der Waals surface area contributed by atoms with E-state index in [0.29, 0.717) is 18.7 Å². The van der Waals surface area contributed by atoms with Gasteiger partial charge in [-0.05, 0) is 18.6 Å². The highest BCUT2D eigenvalue weighted by Gasteiger charge is 2.16. The van der Waals surface area contributed by atoms with Gasteiger partial charge < -0.3 is 10.0 Å². The van der Waals surface area contributed by atoms with Crippen LogP contribution in [0.5, 0.6) is 0 Å². The summed E-state index contributed by atoms with van der Waals surface area (Å²) in [7, 11) is 1.57. The van der Waals surface area contributed by atoms with Crippen molar-refractivity contribution in [1.82, 2.24) is 14.7 Å². The van der Waals surface area contributed by atoms with Crippen LogP contribution in [0.3, 0.4) is 0 Å². The van der Waals surface area contributed by atoms with Gasteiger partial charge in [-0.1, -0.05) is 6.07 Å². The van der Waals surface area contributed by atoms with Gasteiger partial charge >= 0.3 is 5.97 Å². The number of aromatic nitrogens is 2. The minimum absolute atomic E-state index is 0.0141. The fourth-order valence-electron chi connectivity index (χ4n) is 2.10. The molecular weight excluding hydrogens is 316 g/mol. The summed E-state index contributed by atoms with van der Waals surface area (Å²) < 4.78 is 1.38. The second kappa shape index (κ2) is 7.36. The molecule has 24 heavy (non-hydrogen) atoms. The summed E-state index contributed by atoms with van der Waals surface area (Å²) in [6.45, 7) is 0.300. The molecule has 1 N–H and O–H groups in total. The Labute approximate surface area is 137 Å². The number of benzene rings is 1. The van der Waals surface area contributed by atoms with Gasteiger partial charge in [-0.25, -0.2) is 4.68 Å². The summed E-state index contributed by atoms with van der Waals surface area (Å²) >= 11 is 0. The lowest BCUT2D eigenvalue weighted by Crippen LogP contribution is -2.28. The Hall–Kier alpha value is -3.23. The number of nitro benzene ring substituents is 1. The summed E-state index contributed by atoms with van der Waals surface area (Å²) in [6.07, 6.45) is 1.88. The quantitative estimate of drug-likeness (QED) is 0.609. The van der Waals surface area contributed by atoms with Crippen LogP contribution in [0.15, 0.2) is 36.5 Å². The van der Waals surface area contributed by atoms with Crippen molar-refractivity contribution in [2.24, 2.45) is 0 Å². The van der Waals surface area contributed by atoms with Crippen molar-refractivity contribution in [1.29, 1.82) is 0 Å². The highest BCUT2D eigenvalue weighted by molar-refractivity contribution is 5.92. The molecule has 9 heteroatoms. The third kappa shape index (κ3) is 4.15. The van der Waals surface area contributed by atoms with Crippen LogP contribution in [0, 0.1) is 10.1 Å². The minimum atomic E-state index is -0.911. The number of nitro groups is 1. The van der Waals surface area contributed by atoms with Gasteiger partial charge in [-0.15, -0.1) is 0 Å². The molecule has 9 nitrogen and oxygen atoms in total. The molecule has 0 aliphatic carbocycles. The Morgan fingerprint density at radius 3 is 2.79 bits per heavy atom. The Kier molecular flexibility index (Phi) is 5.25. The number of carboxylic acid groups (broad SMARTS) is 1. The second-order valence-electron chi connectivity index (χ2n) is 5.15. The molecule has 2 rings (SSSR count). The van der Waals surface area contributed by atoms with Crippen molar-refractivity contribution in [3.05, 3.63) is 52.3 Å². The number of hydrogen-bond acceptors (Lipinski definition) is 5. The zero-order valence-corrected chi connectivity index (χ0v) is 13.0. The first kappa shape index (κ1) is 17.1. The number of carboxylic acids is 1. The zero-order chi connectivity index (χ0) is 17.7. The van der Waals surface area contributed by atoms with E-state index < -0.39 is 10.9 Å². The number of carbonyl (C=O) groups is 2. The average molecular weight is 332 g/mol. The third-order valence-electron chi connectivity index (χ3n) is 3.34. The summed E-state index contributed by atoms with van der Waals surface area (Å²) in [4.78, 5) is 34.4. The smallest absolute Gasteiger partial charge is 0.303 e. The van der Waals surface area contributed by atoms with E-state index in [0.717, 1.165) is 0 Å². The van der Waals surface area contributed by atoms with Gasteiger partial charge in [0.15, 0.2) is 5.69 Å².